The molecule has 0 saturated heterocycles. The lowest BCUT2D eigenvalue weighted by Crippen LogP contribution is -2.25. The van der Waals surface area contributed by atoms with Gasteiger partial charge in [-0.3, -0.25) is 0 Å². The number of para-hydroxylation sites is 1. The van der Waals surface area contributed by atoms with Crippen LogP contribution in [0.25, 0.3) is 0 Å². The first-order valence-electron chi connectivity index (χ1n) is 6.75. The van der Waals surface area contributed by atoms with Gasteiger partial charge in [-0.25, -0.2) is 4.79 Å². The fourth-order valence-corrected chi connectivity index (χ4v) is 2.40. The molecular formula is C17H19NO2. The van der Waals surface area contributed by atoms with E-state index >= 15 is 0 Å². The number of aryl methyl sites for hydroxylation is 1. The minimum atomic E-state index is -0.879. The normalized spacial score (nSPS) is 10.3. The number of hydrogen-bond donors (Lipinski definition) is 1. The average molecular weight is 269 g/mol. The molecule has 0 radical (unpaired) electrons. The number of carboxylic acid groups (broad SMARTS) is 1. The van der Waals surface area contributed by atoms with Crippen molar-refractivity contribution in [2.75, 3.05) is 11.4 Å². The summed E-state index contributed by atoms with van der Waals surface area (Å²) in [5.74, 6) is -0.879. The van der Waals surface area contributed by atoms with Gasteiger partial charge in [-0.05, 0) is 31.0 Å². The molecule has 3 nitrogen and oxygen atoms in total. The van der Waals surface area contributed by atoms with Gasteiger partial charge < -0.3 is 10.0 Å². The summed E-state index contributed by atoms with van der Waals surface area (Å²) in [5.41, 5.74) is 3.34. The lowest BCUT2D eigenvalue weighted by Gasteiger charge is -2.26. The molecule has 0 atom stereocenters. The zero-order valence-corrected chi connectivity index (χ0v) is 11.8. The van der Waals surface area contributed by atoms with Gasteiger partial charge in [-0.1, -0.05) is 42.5 Å². The molecule has 2 aromatic rings. The fourth-order valence-electron chi connectivity index (χ4n) is 2.40. The number of nitrogens with zero attached hydrogens (tertiary/aromatic N) is 1. The number of anilines is 1. The number of benzene rings is 2. The van der Waals surface area contributed by atoms with Gasteiger partial charge in [-0.2, -0.15) is 0 Å². The summed E-state index contributed by atoms with van der Waals surface area (Å²) in [4.78, 5) is 13.5. The third-order valence-corrected chi connectivity index (χ3v) is 3.38. The molecule has 0 aliphatic heterocycles. The Balaban J connectivity index is 2.39. The van der Waals surface area contributed by atoms with Crippen LogP contribution in [0.3, 0.4) is 0 Å². The summed E-state index contributed by atoms with van der Waals surface area (Å²) in [5, 5.41) is 9.37. The van der Waals surface area contributed by atoms with Crippen LogP contribution in [0.1, 0.15) is 28.4 Å². The molecule has 0 amide bonds. The monoisotopic (exact) mass is 269 g/mol. The molecule has 0 aliphatic rings. The van der Waals surface area contributed by atoms with Gasteiger partial charge in [0.2, 0.25) is 0 Å². The Hall–Kier alpha value is -2.29. The molecule has 1 N–H and O–H groups in total. The van der Waals surface area contributed by atoms with Crippen molar-refractivity contribution < 1.29 is 9.90 Å². The van der Waals surface area contributed by atoms with Crippen LogP contribution in [0.4, 0.5) is 5.69 Å². The molecule has 20 heavy (non-hydrogen) atoms. The predicted molar refractivity (Wildman–Crippen MR) is 81.3 cm³/mol. The third-order valence-electron chi connectivity index (χ3n) is 3.38. The van der Waals surface area contributed by atoms with E-state index in [4.69, 9.17) is 0 Å². The number of aromatic carboxylic acids is 1. The van der Waals surface area contributed by atoms with Crippen molar-refractivity contribution in [1.82, 2.24) is 0 Å². The molecule has 3 heteroatoms. The van der Waals surface area contributed by atoms with Gasteiger partial charge in [0.05, 0.1) is 11.3 Å². The SMILES string of the molecule is CCN(Cc1ccccc1)c1c(C)cccc1C(=O)O. The number of rotatable bonds is 5. The number of carbonyl (C=O) groups is 1. The zero-order valence-electron chi connectivity index (χ0n) is 11.8. The predicted octanol–water partition coefficient (Wildman–Crippen LogP) is 3.72. The molecule has 2 aromatic carbocycles. The third kappa shape index (κ3) is 2.99. The molecule has 0 aliphatic carbocycles. The second-order valence-electron chi connectivity index (χ2n) is 4.78. The van der Waals surface area contributed by atoms with Crippen molar-refractivity contribution in [3.8, 4) is 0 Å². The van der Waals surface area contributed by atoms with Crippen molar-refractivity contribution in [2.24, 2.45) is 0 Å². The average Bonchev–Trinajstić information content (AvgIpc) is 2.46. The van der Waals surface area contributed by atoms with Crippen LogP contribution in [0, 0.1) is 6.92 Å². The molecule has 0 aromatic heterocycles. The van der Waals surface area contributed by atoms with E-state index < -0.39 is 5.97 Å². The minimum Gasteiger partial charge on any atom is -0.478 e. The topological polar surface area (TPSA) is 40.5 Å². The summed E-state index contributed by atoms with van der Waals surface area (Å²) in [6, 6.07) is 15.5. The Kier molecular flexibility index (Phi) is 4.41. The molecule has 0 spiro atoms. The van der Waals surface area contributed by atoms with E-state index in [1.54, 1.807) is 12.1 Å². The zero-order chi connectivity index (χ0) is 14.5. The molecular weight excluding hydrogens is 250 g/mol. The van der Waals surface area contributed by atoms with Crippen molar-refractivity contribution in [3.63, 3.8) is 0 Å². The first-order valence-corrected chi connectivity index (χ1v) is 6.75. The van der Waals surface area contributed by atoms with Crippen LogP contribution in [0.5, 0.6) is 0 Å². The Morgan fingerprint density at radius 2 is 1.80 bits per heavy atom. The maximum atomic E-state index is 11.4. The number of carboxylic acids is 1. The lowest BCUT2D eigenvalue weighted by atomic mass is 10.1. The van der Waals surface area contributed by atoms with Crippen LogP contribution in [-0.2, 0) is 6.54 Å². The largest absolute Gasteiger partial charge is 0.478 e. The summed E-state index contributed by atoms with van der Waals surface area (Å²) in [6.45, 7) is 5.47. The van der Waals surface area contributed by atoms with Gasteiger partial charge >= 0.3 is 5.97 Å². The van der Waals surface area contributed by atoms with Crippen LogP contribution >= 0.6 is 0 Å². The van der Waals surface area contributed by atoms with E-state index in [1.165, 1.54) is 5.56 Å². The first-order chi connectivity index (χ1) is 9.63. The van der Waals surface area contributed by atoms with E-state index in [0.29, 0.717) is 12.1 Å². The standard InChI is InChI=1S/C17H19NO2/c1-3-18(12-14-9-5-4-6-10-14)16-13(2)8-7-11-15(16)17(19)20/h4-11H,3,12H2,1-2H3,(H,19,20). The molecule has 104 valence electrons. The van der Waals surface area contributed by atoms with Crippen molar-refractivity contribution in [3.05, 3.63) is 65.2 Å². The molecule has 0 bridgehead atoms. The summed E-state index contributed by atoms with van der Waals surface area (Å²) < 4.78 is 0. The highest BCUT2D eigenvalue weighted by molar-refractivity contribution is 5.95. The molecule has 0 heterocycles. The minimum absolute atomic E-state index is 0.364. The van der Waals surface area contributed by atoms with Gasteiger partial charge in [0.15, 0.2) is 0 Å². The van der Waals surface area contributed by atoms with Crippen LogP contribution in [0.2, 0.25) is 0 Å². The van der Waals surface area contributed by atoms with Gasteiger partial charge in [0, 0.05) is 13.1 Å². The fraction of sp³-hybridized carbons (Fsp3) is 0.235. The quantitative estimate of drug-likeness (QED) is 0.899. The second kappa shape index (κ2) is 6.24. The number of hydrogen-bond acceptors (Lipinski definition) is 2. The highest BCUT2D eigenvalue weighted by Crippen LogP contribution is 2.26. The Labute approximate surface area is 119 Å². The van der Waals surface area contributed by atoms with E-state index in [2.05, 4.69) is 17.0 Å². The van der Waals surface area contributed by atoms with Gasteiger partial charge in [-0.15, -0.1) is 0 Å². The van der Waals surface area contributed by atoms with Crippen molar-refractivity contribution in [2.45, 2.75) is 20.4 Å². The summed E-state index contributed by atoms with van der Waals surface area (Å²) >= 11 is 0. The first kappa shape index (κ1) is 14.1. The van der Waals surface area contributed by atoms with E-state index in [1.807, 2.05) is 38.1 Å². The molecule has 0 unspecified atom stereocenters. The smallest absolute Gasteiger partial charge is 0.337 e. The molecule has 2 rings (SSSR count). The van der Waals surface area contributed by atoms with E-state index in [9.17, 15) is 9.90 Å². The highest BCUT2D eigenvalue weighted by atomic mass is 16.4. The van der Waals surface area contributed by atoms with E-state index in [-0.39, 0.29) is 0 Å². The molecule has 0 saturated carbocycles. The second-order valence-corrected chi connectivity index (χ2v) is 4.78. The van der Waals surface area contributed by atoms with Crippen molar-refractivity contribution in [1.29, 1.82) is 0 Å². The Morgan fingerprint density at radius 1 is 1.10 bits per heavy atom. The van der Waals surface area contributed by atoms with Crippen LogP contribution in [-0.4, -0.2) is 17.6 Å². The lowest BCUT2D eigenvalue weighted by molar-refractivity contribution is 0.0697. The molecule has 0 fully saturated rings. The summed E-state index contributed by atoms with van der Waals surface area (Å²) in [7, 11) is 0. The van der Waals surface area contributed by atoms with Gasteiger partial charge in [0.1, 0.15) is 0 Å². The van der Waals surface area contributed by atoms with Crippen LogP contribution in [0.15, 0.2) is 48.5 Å². The highest BCUT2D eigenvalue weighted by Gasteiger charge is 2.17. The van der Waals surface area contributed by atoms with Crippen molar-refractivity contribution >= 4 is 11.7 Å². The van der Waals surface area contributed by atoms with Gasteiger partial charge in [0.25, 0.3) is 0 Å². The summed E-state index contributed by atoms with van der Waals surface area (Å²) in [6.07, 6.45) is 0. The Morgan fingerprint density at radius 3 is 2.40 bits per heavy atom. The Bertz CT molecular complexity index is 593. The van der Waals surface area contributed by atoms with Crippen LogP contribution < -0.4 is 4.90 Å². The van der Waals surface area contributed by atoms with E-state index in [0.717, 1.165) is 17.8 Å². The maximum Gasteiger partial charge on any atom is 0.337 e. The maximum absolute atomic E-state index is 11.4.